The molecule has 0 spiro atoms. The number of pyridine rings is 2. The highest BCUT2D eigenvalue weighted by Crippen LogP contribution is 2.39. The van der Waals surface area contributed by atoms with Gasteiger partial charge in [0.2, 0.25) is 0 Å². The van der Waals surface area contributed by atoms with Crippen LogP contribution in [0.5, 0.6) is 5.75 Å². The molecule has 0 atom stereocenters. The third-order valence-corrected chi connectivity index (χ3v) is 7.46. The second-order valence-corrected chi connectivity index (χ2v) is 11.8. The van der Waals surface area contributed by atoms with Crippen LogP contribution in [0.15, 0.2) is 88.0 Å². The maximum Gasteiger partial charge on any atom is 0.161 e. The third kappa shape index (κ3) is 5.83. The predicted molar refractivity (Wildman–Crippen MR) is 173 cm³/mol. The molecule has 0 unspecified atom stereocenters. The molecule has 1 aliphatic carbocycles. The Morgan fingerprint density at radius 1 is 1.09 bits per heavy atom. The van der Waals surface area contributed by atoms with E-state index in [0.717, 1.165) is 69.1 Å². The topological polar surface area (TPSA) is 112 Å². The Balaban J connectivity index is 1.36. The standard InChI is InChI=1S/C34H36N8O/c1-20(38-32(21-10-11-21)34(2,3)4)16-24(18-35-5)26-13-12-23-19-37-42-31(29(23)39-26)33-40-27-14-15-36-28(30(27)41-33)22-8-7-9-25(17-22)43-6/h7-9,12-18,37-38H,5,10-11,19H2,1-4,6H3,(H,40,41)/b20-16+,24-18+. The Morgan fingerprint density at radius 2 is 1.93 bits per heavy atom. The highest BCUT2D eigenvalue weighted by molar-refractivity contribution is 6.12. The number of rotatable bonds is 8. The van der Waals surface area contributed by atoms with E-state index < -0.39 is 0 Å². The van der Waals surface area contributed by atoms with Crippen LogP contribution in [0, 0.1) is 5.41 Å². The minimum absolute atomic E-state index is 0.0402. The van der Waals surface area contributed by atoms with Crippen molar-refractivity contribution in [3.8, 4) is 17.0 Å². The van der Waals surface area contributed by atoms with Crippen LogP contribution in [-0.4, -0.2) is 39.5 Å². The zero-order chi connectivity index (χ0) is 30.1. The van der Waals surface area contributed by atoms with Gasteiger partial charge in [0.05, 0.1) is 36.3 Å². The molecule has 3 aromatic heterocycles. The summed E-state index contributed by atoms with van der Waals surface area (Å²) in [6, 6.07) is 13.8. The summed E-state index contributed by atoms with van der Waals surface area (Å²) in [5.41, 5.74) is 14.3. The second kappa shape index (κ2) is 11.3. The molecule has 0 amide bonds. The van der Waals surface area contributed by atoms with Gasteiger partial charge in [-0.05, 0) is 62.4 Å². The first kappa shape index (κ1) is 28.1. The zero-order valence-corrected chi connectivity index (χ0v) is 25.2. The monoisotopic (exact) mass is 572 g/mol. The Hall–Kier alpha value is -5.05. The lowest BCUT2D eigenvalue weighted by atomic mass is 9.90. The van der Waals surface area contributed by atoms with E-state index in [9.17, 15) is 0 Å². The van der Waals surface area contributed by atoms with Gasteiger partial charge < -0.3 is 20.5 Å². The Morgan fingerprint density at radius 3 is 2.67 bits per heavy atom. The van der Waals surface area contributed by atoms with Gasteiger partial charge >= 0.3 is 0 Å². The molecule has 2 aliphatic rings. The van der Waals surface area contributed by atoms with E-state index in [1.54, 1.807) is 19.5 Å². The summed E-state index contributed by atoms with van der Waals surface area (Å²) in [5, 5.41) is 8.31. The predicted octanol–water partition coefficient (Wildman–Crippen LogP) is 6.51. The number of nitrogens with one attached hydrogen (secondary N) is 3. The van der Waals surface area contributed by atoms with Crippen molar-refractivity contribution < 1.29 is 4.74 Å². The quantitative estimate of drug-likeness (QED) is 0.164. The van der Waals surface area contributed by atoms with E-state index in [1.165, 1.54) is 11.3 Å². The van der Waals surface area contributed by atoms with Crippen LogP contribution in [0.4, 0.5) is 0 Å². The number of hydrazone groups is 1. The second-order valence-electron chi connectivity index (χ2n) is 11.8. The fraction of sp³-hybridized carbons (Fsp3) is 0.265. The lowest BCUT2D eigenvalue weighted by molar-refractivity contribution is 0.415. The molecular weight excluding hydrogens is 536 g/mol. The summed E-state index contributed by atoms with van der Waals surface area (Å²) < 4.78 is 5.43. The molecule has 4 heterocycles. The largest absolute Gasteiger partial charge is 0.497 e. The van der Waals surface area contributed by atoms with Gasteiger partial charge in [-0.15, -0.1) is 0 Å². The molecule has 0 saturated heterocycles. The molecule has 4 aromatic rings. The van der Waals surface area contributed by atoms with Gasteiger partial charge in [0.1, 0.15) is 11.3 Å². The number of benzene rings is 1. The molecular formula is C34H36N8O. The first-order chi connectivity index (χ1) is 20.7. The van der Waals surface area contributed by atoms with E-state index in [4.69, 9.17) is 14.7 Å². The van der Waals surface area contributed by atoms with Crippen molar-refractivity contribution in [3.05, 3.63) is 101 Å². The summed E-state index contributed by atoms with van der Waals surface area (Å²) in [7, 11) is 1.65. The van der Waals surface area contributed by atoms with E-state index in [1.807, 2.05) is 36.4 Å². The number of allylic oxidation sites excluding steroid dienone is 5. The van der Waals surface area contributed by atoms with Crippen molar-refractivity contribution >= 4 is 29.0 Å². The van der Waals surface area contributed by atoms with E-state index in [2.05, 4.69) is 77.4 Å². The number of aromatic nitrogens is 4. The third-order valence-electron chi connectivity index (χ3n) is 7.46. The SMILES string of the molecule is C=N/C=C(\C=C(/C)NC(=C1CC1)C(C)(C)C)c1ccc2c(n1)C(c1nc3c(-c4cccc(OC)c4)nccc3[nH]1)=NNC2. The number of aliphatic imine (C=N–C) groups is 1. The van der Waals surface area contributed by atoms with Gasteiger partial charge in [0.25, 0.3) is 0 Å². The van der Waals surface area contributed by atoms with Gasteiger partial charge in [-0.1, -0.05) is 39.0 Å². The highest BCUT2D eigenvalue weighted by Gasteiger charge is 2.27. The molecule has 0 bridgehead atoms. The smallest absolute Gasteiger partial charge is 0.161 e. The van der Waals surface area contributed by atoms with Crippen LogP contribution >= 0.6 is 0 Å². The Kier molecular flexibility index (Phi) is 7.39. The van der Waals surface area contributed by atoms with Crippen LogP contribution < -0.4 is 15.5 Å². The van der Waals surface area contributed by atoms with Crippen LogP contribution in [0.1, 0.15) is 63.3 Å². The number of nitrogens with zero attached hydrogens (tertiary/aromatic N) is 5. The molecule has 6 rings (SSSR count). The van der Waals surface area contributed by atoms with E-state index >= 15 is 0 Å². The molecule has 218 valence electrons. The van der Waals surface area contributed by atoms with Gasteiger partial charge in [-0.3, -0.25) is 9.98 Å². The lowest BCUT2D eigenvalue weighted by Gasteiger charge is -2.25. The van der Waals surface area contributed by atoms with Crippen LogP contribution in [0.3, 0.4) is 0 Å². The highest BCUT2D eigenvalue weighted by atomic mass is 16.5. The normalized spacial score (nSPS) is 15.0. The Labute approximate surface area is 251 Å². The van der Waals surface area contributed by atoms with E-state index in [0.29, 0.717) is 18.1 Å². The number of imidazole rings is 1. The number of H-pyrrole nitrogens is 1. The van der Waals surface area contributed by atoms with Crippen molar-refractivity contribution in [1.29, 1.82) is 0 Å². The number of fused-ring (bicyclic) bond motifs is 2. The molecule has 0 radical (unpaired) electrons. The maximum atomic E-state index is 5.43. The fourth-order valence-electron chi connectivity index (χ4n) is 5.31. The molecule has 1 fully saturated rings. The van der Waals surface area contributed by atoms with Crippen molar-refractivity contribution in [3.63, 3.8) is 0 Å². The van der Waals surface area contributed by atoms with Crippen LogP contribution in [0.25, 0.3) is 27.9 Å². The minimum Gasteiger partial charge on any atom is -0.497 e. The molecule has 9 heteroatoms. The van der Waals surface area contributed by atoms with Crippen LogP contribution in [-0.2, 0) is 6.54 Å². The molecule has 43 heavy (non-hydrogen) atoms. The number of aromatic amines is 1. The fourth-order valence-corrected chi connectivity index (χ4v) is 5.31. The van der Waals surface area contributed by atoms with Gasteiger partial charge in [0, 0.05) is 45.9 Å². The van der Waals surface area contributed by atoms with Gasteiger partial charge in [0.15, 0.2) is 11.5 Å². The van der Waals surface area contributed by atoms with Crippen molar-refractivity contribution in [2.45, 2.75) is 47.1 Å². The van der Waals surface area contributed by atoms with Crippen molar-refractivity contribution in [1.82, 2.24) is 30.7 Å². The molecule has 3 N–H and O–H groups in total. The molecule has 1 aromatic carbocycles. The van der Waals surface area contributed by atoms with Gasteiger partial charge in [-0.25, -0.2) is 9.97 Å². The summed E-state index contributed by atoms with van der Waals surface area (Å²) in [5.74, 6) is 1.37. The lowest BCUT2D eigenvalue weighted by Crippen LogP contribution is -2.24. The number of methoxy groups -OCH3 is 1. The Bertz CT molecular complexity index is 1850. The van der Waals surface area contributed by atoms with E-state index in [-0.39, 0.29) is 5.41 Å². The summed E-state index contributed by atoms with van der Waals surface area (Å²) in [6.45, 7) is 13.1. The average Bonchev–Trinajstić information content (AvgIpc) is 3.75. The van der Waals surface area contributed by atoms with Crippen molar-refractivity contribution in [2.75, 3.05) is 7.11 Å². The number of ether oxygens (including phenoxy) is 1. The zero-order valence-electron chi connectivity index (χ0n) is 25.2. The molecule has 9 nitrogen and oxygen atoms in total. The summed E-state index contributed by atoms with van der Waals surface area (Å²) in [6.07, 6.45) is 7.91. The van der Waals surface area contributed by atoms with Gasteiger partial charge in [-0.2, -0.15) is 5.10 Å². The maximum absolute atomic E-state index is 5.43. The average molecular weight is 573 g/mol. The number of hydrogen-bond acceptors (Lipinski definition) is 8. The summed E-state index contributed by atoms with van der Waals surface area (Å²) in [4.78, 5) is 22.2. The molecule has 1 aliphatic heterocycles. The first-order valence-corrected chi connectivity index (χ1v) is 14.4. The summed E-state index contributed by atoms with van der Waals surface area (Å²) >= 11 is 0. The first-order valence-electron chi connectivity index (χ1n) is 14.4. The van der Waals surface area contributed by atoms with Crippen molar-refractivity contribution in [2.24, 2.45) is 15.5 Å². The number of hydrogen-bond donors (Lipinski definition) is 3. The molecule has 1 saturated carbocycles. The van der Waals surface area contributed by atoms with Crippen LogP contribution in [0.2, 0.25) is 0 Å². The minimum atomic E-state index is 0.0402.